The monoisotopic (exact) mass is 318 g/mol. The molecule has 1 aliphatic heterocycles. The lowest BCUT2D eigenvalue weighted by Crippen LogP contribution is -2.47. The Balaban J connectivity index is 1.62. The minimum atomic E-state index is -0.437. The highest BCUT2D eigenvalue weighted by molar-refractivity contribution is 5.94. The summed E-state index contributed by atoms with van der Waals surface area (Å²) in [5.41, 5.74) is 0.162. The van der Waals surface area contributed by atoms with Gasteiger partial charge in [0.1, 0.15) is 5.82 Å². The molecular formula is C19H27FN2O. The van der Waals surface area contributed by atoms with E-state index in [9.17, 15) is 9.18 Å². The summed E-state index contributed by atoms with van der Waals surface area (Å²) in [6, 6.07) is 6.42. The smallest absolute Gasteiger partial charge is 0.254 e. The predicted molar refractivity (Wildman–Crippen MR) is 89.9 cm³/mol. The molecule has 2 aliphatic rings. The average molecular weight is 318 g/mol. The maximum absolute atomic E-state index is 13.8. The molecule has 1 amide bonds. The molecule has 0 aromatic heterocycles. The molecular weight excluding hydrogens is 291 g/mol. The fraction of sp³-hybridized carbons (Fsp3) is 0.632. The topological polar surface area (TPSA) is 32.3 Å². The van der Waals surface area contributed by atoms with E-state index < -0.39 is 5.82 Å². The van der Waals surface area contributed by atoms with Crippen LogP contribution in [-0.2, 0) is 0 Å². The summed E-state index contributed by atoms with van der Waals surface area (Å²) in [6.45, 7) is 3.44. The first-order valence-corrected chi connectivity index (χ1v) is 9.02. The van der Waals surface area contributed by atoms with Crippen LogP contribution < -0.4 is 5.32 Å². The first kappa shape index (κ1) is 16.4. The van der Waals surface area contributed by atoms with E-state index in [2.05, 4.69) is 10.2 Å². The van der Waals surface area contributed by atoms with Crippen molar-refractivity contribution in [3.8, 4) is 0 Å². The molecule has 1 aromatic rings. The lowest BCUT2D eigenvalue weighted by Gasteiger charge is -2.37. The molecule has 126 valence electrons. The molecule has 1 saturated carbocycles. The van der Waals surface area contributed by atoms with Gasteiger partial charge in [0.2, 0.25) is 0 Å². The maximum atomic E-state index is 13.8. The van der Waals surface area contributed by atoms with Crippen molar-refractivity contribution in [2.24, 2.45) is 5.92 Å². The number of amides is 1. The van der Waals surface area contributed by atoms with Crippen LogP contribution in [0.2, 0.25) is 0 Å². The largest absolute Gasteiger partial charge is 0.349 e. The third-order valence-corrected chi connectivity index (χ3v) is 5.29. The minimum Gasteiger partial charge on any atom is -0.349 e. The van der Waals surface area contributed by atoms with Crippen LogP contribution in [0.25, 0.3) is 0 Å². The number of carbonyl (C=O) groups is 1. The van der Waals surface area contributed by atoms with E-state index in [1.54, 1.807) is 18.2 Å². The second-order valence-electron chi connectivity index (χ2n) is 6.97. The number of rotatable bonds is 4. The second-order valence-corrected chi connectivity index (χ2v) is 6.97. The van der Waals surface area contributed by atoms with E-state index in [0.717, 1.165) is 19.4 Å². The van der Waals surface area contributed by atoms with Crippen molar-refractivity contribution in [3.63, 3.8) is 0 Å². The van der Waals surface area contributed by atoms with E-state index in [1.807, 2.05) is 0 Å². The molecule has 0 spiro atoms. The van der Waals surface area contributed by atoms with Gasteiger partial charge in [0.15, 0.2) is 0 Å². The minimum absolute atomic E-state index is 0.162. The Morgan fingerprint density at radius 1 is 1.09 bits per heavy atom. The zero-order chi connectivity index (χ0) is 16.1. The summed E-state index contributed by atoms with van der Waals surface area (Å²) in [4.78, 5) is 15.0. The Morgan fingerprint density at radius 2 is 1.83 bits per heavy atom. The van der Waals surface area contributed by atoms with Crippen molar-refractivity contribution in [2.75, 3.05) is 19.6 Å². The van der Waals surface area contributed by atoms with E-state index in [1.165, 1.54) is 51.3 Å². The standard InChI is InChI=1S/C19H27FN2O/c20-17-10-4-3-9-16(17)19(23)21-18-11-5-2-8-15(18)14-22-12-6-1-7-13-22/h3-4,9-10,15,18H,1-2,5-8,11-14H2,(H,21,23). The molecule has 3 nitrogen and oxygen atoms in total. The van der Waals surface area contributed by atoms with Crippen molar-refractivity contribution in [2.45, 2.75) is 51.0 Å². The van der Waals surface area contributed by atoms with Gasteiger partial charge in [-0.25, -0.2) is 4.39 Å². The summed E-state index contributed by atoms with van der Waals surface area (Å²) in [7, 11) is 0. The van der Waals surface area contributed by atoms with Gasteiger partial charge in [0.25, 0.3) is 5.91 Å². The van der Waals surface area contributed by atoms with Gasteiger partial charge < -0.3 is 10.2 Å². The molecule has 1 aliphatic carbocycles. The first-order chi connectivity index (χ1) is 11.2. The summed E-state index contributed by atoms with van der Waals surface area (Å²) in [5, 5.41) is 3.11. The van der Waals surface area contributed by atoms with Gasteiger partial charge in [0, 0.05) is 12.6 Å². The van der Waals surface area contributed by atoms with Gasteiger partial charge in [-0.1, -0.05) is 31.4 Å². The molecule has 3 rings (SSSR count). The number of nitrogens with one attached hydrogen (secondary N) is 1. The number of hydrogen-bond donors (Lipinski definition) is 1. The van der Waals surface area contributed by atoms with Gasteiger partial charge >= 0.3 is 0 Å². The highest BCUT2D eigenvalue weighted by Gasteiger charge is 2.29. The Hall–Kier alpha value is -1.42. The van der Waals surface area contributed by atoms with Crippen LogP contribution in [0.15, 0.2) is 24.3 Å². The molecule has 0 bridgehead atoms. The number of halogens is 1. The molecule has 0 radical (unpaired) electrons. The Kier molecular flexibility index (Phi) is 5.65. The molecule has 1 N–H and O–H groups in total. The van der Waals surface area contributed by atoms with E-state index >= 15 is 0 Å². The van der Waals surface area contributed by atoms with Gasteiger partial charge in [-0.15, -0.1) is 0 Å². The zero-order valence-corrected chi connectivity index (χ0v) is 13.8. The number of nitrogens with zero attached hydrogens (tertiary/aromatic N) is 1. The summed E-state index contributed by atoms with van der Waals surface area (Å²) >= 11 is 0. The van der Waals surface area contributed by atoms with Crippen LogP contribution in [0.3, 0.4) is 0 Å². The van der Waals surface area contributed by atoms with Gasteiger partial charge in [-0.3, -0.25) is 4.79 Å². The van der Waals surface area contributed by atoms with E-state index in [0.29, 0.717) is 5.92 Å². The van der Waals surface area contributed by atoms with Crippen molar-refractivity contribution in [1.29, 1.82) is 0 Å². The van der Waals surface area contributed by atoms with Crippen LogP contribution in [0, 0.1) is 11.7 Å². The van der Waals surface area contributed by atoms with Crippen LogP contribution in [0.4, 0.5) is 4.39 Å². The fourth-order valence-electron chi connectivity index (χ4n) is 3.98. The molecule has 2 atom stereocenters. The normalized spacial score (nSPS) is 26.0. The summed E-state index contributed by atoms with van der Waals surface area (Å²) in [5.74, 6) is -0.204. The lowest BCUT2D eigenvalue weighted by molar-refractivity contribution is 0.0873. The number of likely N-dealkylation sites (tertiary alicyclic amines) is 1. The quantitative estimate of drug-likeness (QED) is 0.920. The predicted octanol–water partition coefficient (Wildman–Crippen LogP) is 3.60. The molecule has 1 aromatic carbocycles. The number of hydrogen-bond acceptors (Lipinski definition) is 2. The average Bonchev–Trinajstić information content (AvgIpc) is 2.58. The number of carbonyl (C=O) groups excluding carboxylic acids is 1. The van der Waals surface area contributed by atoms with Crippen molar-refractivity contribution < 1.29 is 9.18 Å². The van der Waals surface area contributed by atoms with Gasteiger partial charge in [0.05, 0.1) is 5.56 Å². The van der Waals surface area contributed by atoms with E-state index in [4.69, 9.17) is 0 Å². The fourth-order valence-corrected chi connectivity index (χ4v) is 3.98. The zero-order valence-electron chi connectivity index (χ0n) is 13.8. The highest BCUT2D eigenvalue weighted by Crippen LogP contribution is 2.26. The molecule has 4 heteroatoms. The Morgan fingerprint density at radius 3 is 2.61 bits per heavy atom. The van der Waals surface area contributed by atoms with Crippen LogP contribution in [0.5, 0.6) is 0 Å². The molecule has 2 fully saturated rings. The van der Waals surface area contributed by atoms with Crippen molar-refractivity contribution >= 4 is 5.91 Å². The molecule has 23 heavy (non-hydrogen) atoms. The van der Waals surface area contributed by atoms with Crippen LogP contribution in [0.1, 0.15) is 55.3 Å². The van der Waals surface area contributed by atoms with Crippen LogP contribution >= 0.6 is 0 Å². The summed E-state index contributed by atoms with van der Waals surface area (Å²) in [6.07, 6.45) is 8.49. The van der Waals surface area contributed by atoms with Crippen molar-refractivity contribution in [3.05, 3.63) is 35.6 Å². The maximum Gasteiger partial charge on any atom is 0.254 e. The number of benzene rings is 1. The third-order valence-electron chi connectivity index (χ3n) is 5.29. The lowest BCUT2D eigenvalue weighted by atomic mass is 9.83. The van der Waals surface area contributed by atoms with Gasteiger partial charge in [-0.2, -0.15) is 0 Å². The second kappa shape index (κ2) is 7.91. The molecule has 1 saturated heterocycles. The first-order valence-electron chi connectivity index (χ1n) is 9.02. The Labute approximate surface area is 138 Å². The third kappa shape index (κ3) is 4.31. The van der Waals surface area contributed by atoms with Gasteiger partial charge in [-0.05, 0) is 56.8 Å². The number of piperidine rings is 1. The molecule has 2 unspecified atom stereocenters. The van der Waals surface area contributed by atoms with E-state index in [-0.39, 0.29) is 17.5 Å². The highest BCUT2D eigenvalue weighted by atomic mass is 19.1. The van der Waals surface area contributed by atoms with Crippen molar-refractivity contribution in [1.82, 2.24) is 10.2 Å². The SMILES string of the molecule is O=C(NC1CCCCC1CN1CCCCC1)c1ccccc1F. The molecule has 1 heterocycles. The summed E-state index contributed by atoms with van der Waals surface area (Å²) < 4.78 is 13.8. The van der Waals surface area contributed by atoms with Crippen LogP contribution in [-0.4, -0.2) is 36.5 Å². The Bertz CT molecular complexity index is 528.